The molecule has 2 atom stereocenters. The van der Waals surface area contributed by atoms with Crippen LogP contribution in [0.1, 0.15) is 94.9 Å². The predicted molar refractivity (Wildman–Crippen MR) is 119 cm³/mol. The summed E-state index contributed by atoms with van der Waals surface area (Å²) in [4.78, 5) is 42.9. The number of carboxylic acids is 2. The first-order valence-corrected chi connectivity index (χ1v) is 13.4. The van der Waals surface area contributed by atoms with E-state index in [0.29, 0.717) is 0 Å². The Morgan fingerprint density at radius 3 is 1.12 bits per heavy atom. The van der Waals surface area contributed by atoms with Crippen molar-refractivity contribution in [2.75, 3.05) is 13.2 Å². The van der Waals surface area contributed by atoms with Crippen LogP contribution < -0.4 is 10.2 Å². The second kappa shape index (κ2) is 19.4. The summed E-state index contributed by atoms with van der Waals surface area (Å²) in [5.74, 6) is -5.20. The third-order valence-electron chi connectivity index (χ3n) is 4.29. The second-order valence-electron chi connectivity index (χ2n) is 9.80. The maximum absolute atomic E-state index is 11.2. The molecule has 0 rings (SSSR count). The maximum atomic E-state index is 11.2. The minimum absolute atomic E-state index is 0.294. The molecule has 0 radical (unpaired) electrons. The average Bonchev–Trinajstić information content (AvgIpc) is 2.70. The van der Waals surface area contributed by atoms with Gasteiger partial charge in [-0.3, -0.25) is 9.59 Å². The van der Waals surface area contributed by atoms with Gasteiger partial charge in [-0.2, -0.15) is 0 Å². The van der Waals surface area contributed by atoms with E-state index in [1.807, 2.05) is 0 Å². The SMILES string of the molecule is CC(C(=O)[O-])C(=O)C(C)(C)C.CC(C(=O)[O-])C(=O)C(C)(C)C.CCCC[O][Zr+2][O]CCCC. The van der Waals surface area contributed by atoms with Gasteiger partial charge in [0, 0.05) is 10.8 Å². The van der Waals surface area contributed by atoms with Crippen LogP contribution in [0.15, 0.2) is 0 Å². The molecule has 0 spiro atoms. The van der Waals surface area contributed by atoms with E-state index in [9.17, 15) is 29.4 Å². The van der Waals surface area contributed by atoms with Crippen molar-refractivity contribution in [3.63, 3.8) is 0 Å². The molecule has 2 unspecified atom stereocenters. The van der Waals surface area contributed by atoms with Gasteiger partial charge in [0.05, 0.1) is 23.8 Å². The van der Waals surface area contributed by atoms with Crippen molar-refractivity contribution in [1.29, 1.82) is 0 Å². The topological polar surface area (TPSA) is 133 Å². The van der Waals surface area contributed by atoms with E-state index >= 15 is 0 Å². The Morgan fingerprint density at radius 1 is 0.697 bits per heavy atom. The van der Waals surface area contributed by atoms with Crippen molar-refractivity contribution < 1.29 is 59.1 Å². The Bertz CT molecular complexity index is 526. The van der Waals surface area contributed by atoms with Crippen molar-refractivity contribution in [3.05, 3.63) is 0 Å². The average molecular weight is 552 g/mol. The molecule has 0 aliphatic heterocycles. The number of Topliss-reactive ketones (excluding diaryl/α,β-unsaturated/α-hetero) is 2. The summed E-state index contributed by atoms with van der Waals surface area (Å²) in [6.45, 7) is 19.0. The van der Waals surface area contributed by atoms with Crippen molar-refractivity contribution in [2.45, 2.75) is 94.9 Å². The Balaban J connectivity index is -0.000000409. The van der Waals surface area contributed by atoms with Crippen molar-refractivity contribution >= 4 is 23.5 Å². The molecule has 0 saturated carbocycles. The molecule has 0 saturated heterocycles. The van der Waals surface area contributed by atoms with Crippen molar-refractivity contribution in [1.82, 2.24) is 0 Å². The third kappa shape index (κ3) is 21.4. The summed E-state index contributed by atoms with van der Waals surface area (Å²) in [6, 6.07) is 0. The molecule has 0 aliphatic rings. The molecule has 0 aromatic heterocycles. The summed E-state index contributed by atoms with van der Waals surface area (Å²) < 4.78 is 10.7. The van der Waals surface area contributed by atoms with E-state index in [2.05, 4.69) is 13.8 Å². The van der Waals surface area contributed by atoms with E-state index in [1.165, 1.54) is 39.5 Å². The molecule has 33 heavy (non-hydrogen) atoms. The Morgan fingerprint density at radius 2 is 0.970 bits per heavy atom. The first-order chi connectivity index (χ1) is 14.9. The van der Waals surface area contributed by atoms with Crippen LogP contribution in [0.5, 0.6) is 0 Å². The Kier molecular flexibility index (Phi) is 21.5. The van der Waals surface area contributed by atoms with E-state index < -0.39 is 58.7 Å². The molecule has 0 aromatic rings. The fourth-order valence-electron chi connectivity index (χ4n) is 2.07. The number of ketones is 2. The minimum atomic E-state index is -1.30. The van der Waals surface area contributed by atoms with Crippen molar-refractivity contribution in [2.24, 2.45) is 22.7 Å². The molecular weight excluding hydrogens is 507 g/mol. The third-order valence-corrected chi connectivity index (χ3v) is 5.87. The van der Waals surface area contributed by atoms with Crippen LogP contribution in [0, 0.1) is 22.7 Å². The number of hydrogen-bond donors (Lipinski definition) is 0. The van der Waals surface area contributed by atoms with Gasteiger partial charge in [0.1, 0.15) is 11.6 Å². The molecule has 0 amide bonds. The zero-order chi connectivity index (χ0) is 26.8. The van der Waals surface area contributed by atoms with Crippen LogP contribution >= 0.6 is 0 Å². The molecule has 9 heteroatoms. The first kappa shape index (κ1) is 36.6. The second-order valence-corrected chi connectivity index (χ2v) is 11.6. The zero-order valence-corrected chi connectivity index (χ0v) is 24.6. The summed E-state index contributed by atoms with van der Waals surface area (Å²) in [6.07, 6.45) is 4.79. The zero-order valence-electron chi connectivity index (χ0n) is 22.2. The van der Waals surface area contributed by atoms with Gasteiger partial charge in [-0.25, -0.2) is 0 Å². The first-order valence-electron chi connectivity index (χ1n) is 11.4. The molecule has 0 aromatic carbocycles. The van der Waals surface area contributed by atoms with Crippen LogP contribution in [0.3, 0.4) is 0 Å². The number of carbonyl (C=O) groups is 4. The molecule has 0 aliphatic carbocycles. The van der Waals surface area contributed by atoms with Crippen LogP contribution in [-0.4, -0.2) is 36.7 Å². The number of aliphatic carboxylic acids is 2. The summed E-state index contributed by atoms with van der Waals surface area (Å²) in [5.41, 5.74) is -1.20. The summed E-state index contributed by atoms with van der Waals surface area (Å²) >= 11 is -0.876. The van der Waals surface area contributed by atoms with Crippen molar-refractivity contribution in [3.8, 4) is 0 Å². The van der Waals surface area contributed by atoms with Gasteiger partial charge in [-0.05, 0) is 0 Å². The molecule has 0 heterocycles. The molecule has 0 bridgehead atoms. The Labute approximate surface area is 213 Å². The molecule has 8 nitrogen and oxygen atoms in total. The standard InChI is InChI=1S/2C8H14O3.2C4H9O.Zr/c2*1-5(7(10)11)6(9)8(2,3)4;2*1-2-3-4-5;/h2*5H,1-4H3,(H,10,11);2*2-4H2,1H3;/q;;2*-1;+4/p-2. The van der Waals surface area contributed by atoms with Gasteiger partial charge in [-0.1, -0.05) is 55.4 Å². The van der Waals surface area contributed by atoms with E-state index in [4.69, 9.17) is 5.63 Å². The number of rotatable bonds is 12. The van der Waals surface area contributed by atoms with Crippen LogP contribution in [0.25, 0.3) is 0 Å². The number of carboxylic acid groups (broad SMARTS) is 2. The number of hydrogen-bond acceptors (Lipinski definition) is 8. The van der Waals surface area contributed by atoms with Gasteiger partial charge in [-0.15, -0.1) is 0 Å². The van der Waals surface area contributed by atoms with E-state index in [0.717, 1.165) is 13.2 Å². The van der Waals surface area contributed by atoms with Gasteiger partial charge in [0.15, 0.2) is 0 Å². The van der Waals surface area contributed by atoms with Gasteiger partial charge < -0.3 is 19.8 Å². The van der Waals surface area contributed by atoms with Gasteiger partial charge >= 0.3 is 82.5 Å². The van der Waals surface area contributed by atoms with Gasteiger partial charge in [0.2, 0.25) is 0 Å². The van der Waals surface area contributed by atoms with E-state index in [1.54, 1.807) is 41.5 Å². The van der Waals surface area contributed by atoms with Crippen LogP contribution in [0.2, 0.25) is 0 Å². The number of carbonyl (C=O) groups excluding carboxylic acids is 4. The van der Waals surface area contributed by atoms with Gasteiger partial charge in [0.25, 0.3) is 0 Å². The predicted octanol–water partition coefficient (Wildman–Crippen LogP) is 2.51. The van der Waals surface area contributed by atoms with Crippen LogP contribution in [-0.2, 0) is 48.9 Å². The van der Waals surface area contributed by atoms with Crippen LogP contribution in [0.4, 0.5) is 0 Å². The monoisotopic (exact) mass is 550 g/mol. The fraction of sp³-hybridized carbons (Fsp3) is 0.833. The quantitative estimate of drug-likeness (QED) is 0.267. The normalized spacial score (nSPS) is 12.7. The molecule has 192 valence electrons. The summed E-state index contributed by atoms with van der Waals surface area (Å²) in [5, 5.41) is 20.5. The molecular formula is C24H44O8Zr. The number of unbranched alkanes of at least 4 members (excludes halogenated alkanes) is 2. The molecule has 0 fully saturated rings. The fourth-order valence-corrected chi connectivity index (χ4v) is 3.40. The Hall–Kier alpha value is -0.917. The summed E-state index contributed by atoms with van der Waals surface area (Å²) in [7, 11) is 0. The van der Waals surface area contributed by atoms with E-state index in [-0.39, 0.29) is 11.6 Å². The molecule has 0 N–H and O–H groups in total.